The molecule has 5 heteroatoms. The number of carboxylic acid groups (broad SMARTS) is 1. The Morgan fingerprint density at radius 1 is 1.53 bits per heavy atom. The van der Waals surface area contributed by atoms with E-state index < -0.39 is 5.97 Å². The highest BCUT2D eigenvalue weighted by Crippen LogP contribution is 2.04. The standard InChI is InChI=1S/C12H19N3O2/c1-9(2)15(3)7-6-13-11-5-4-10(8-14-11)12(16)17/h4-5,8-9H,6-7H2,1-3H3,(H,13,14)(H,16,17). The molecule has 0 aromatic carbocycles. The second kappa shape index (κ2) is 6.20. The van der Waals surface area contributed by atoms with Crippen molar-refractivity contribution in [3.63, 3.8) is 0 Å². The summed E-state index contributed by atoms with van der Waals surface area (Å²) in [5.74, 6) is -0.254. The number of rotatable bonds is 6. The van der Waals surface area contributed by atoms with E-state index in [0.717, 1.165) is 13.1 Å². The molecule has 0 saturated heterocycles. The van der Waals surface area contributed by atoms with Crippen molar-refractivity contribution in [2.24, 2.45) is 0 Å². The number of hydrogen-bond donors (Lipinski definition) is 2. The van der Waals surface area contributed by atoms with Gasteiger partial charge in [0.25, 0.3) is 0 Å². The van der Waals surface area contributed by atoms with Gasteiger partial charge in [-0.2, -0.15) is 0 Å². The molecule has 94 valence electrons. The number of anilines is 1. The maximum atomic E-state index is 10.6. The van der Waals surface area contributed by atoms with Gasteiger partial charge in [0.1, 0.15) is 5.82 Å². The highest BCUT2D eigenvalue weighted by atomic mass is 16.4. The molecule has 1 aromatic heterocycles. The van der Waals surface area contributed by atoms with E-state index in [1.54, 1.807) is 12.1 Å². The van der Waals surface area contributed by atoms with Crippen molar-refractivity contribution in [3.05, 3.63) is 23.9 Å². The topological polar surface area (TPSA) is 65.5 Å². The van der Waals surface area contributed by atoms with Crippen molar-refractivity contribution in [1.29, 1.82) is 0 Å². The second-order valence-electron chi connectivity index (χ2n) is 4.24. The Labute approximate surface area is 101 Å². The van der Waals surface area contributed by atoms with Crippen LogP contribution in [0.5, 0.6) is 0 Å². The summed E-state index contributed by atoms with van der Waals surface area (Å²) in [7, 11) is 2.06. The average Bonchev–Trinajstić information content (AvgIpc) is 2.29. The predicted octanol–water partition coefficient (Wildman–Crippen LogP) is 1.53. The fourth-order valence-corrected chi connectivity index (χ4v) is 1.24. The smallest absolute Gasteiger partial charge is 0.337 e. The number of pyridine rings is 1. The fraction of sp³-hybridized carbons (Fsp3) is 0.500. The van der Waals surface area contributed by atoms with Gasteiger partial charge in [0.05, 0.1) is 5.56 Å². The lowest BCUT2D eigenvalue weighted by Gasteiger charge is -2.20. The number of hydrogen-bond acceptors (Lipinski definition) is 4. The summed E-state index contributed by atoms with van der Waals surface area (Å²) >= 11 is 0. The van der Waals surface area contributed by atoms with Crippen molar-refractivity contribution in [2.75, 3.05) is 25.5 Å². The molecule has 0 aliphatic heterocycles. The molecule has 0 unspecified atom stereocenters. The summed E-state index contributed by atoms with van der Waals surface area (Å²) in [6.07, 6.45) is 1.36. The zero-order valence-corrected chi connectivity index (χ0v) is 10.5. The average molecular weight is 237 g/mol. The second-order valence-corrected chi connectivity index (χ2v) is 4.24. The zero-order valence-electron chi connectivity index (χ0n) is 10.5. The Balaban J connectivity index is 2.40. The van der Waals surface area contributed by atoms with Gasteiger partial charge in [-0.15, -0.1) is 0 Å². The molecule has 0 aliphatic carbocycles. The van der Waals surface area contributed by atoms with Crippen LogP contribution in [0.15, 0.2) is 18.3 Å². The van der Waals surface area contributed by atoms with Gasteiger partial charge in [0, 0.05) is 25.3 Å². The minimum absolute atomic E-state index is 0.204. The molecule has 0 atom stereocenters. The molecule has 1 heterocycles. The maximum absolute atomic E-state index is 10.6. The lowest BCUT2D eigenvalue weighted by molar-refractivity contribution is 0.0696. The van der Waals surface area contributed by atoms with E-state index in [-0.39, 0.29) is 5.56 Å². The van der Waals surface area contributed by atoms with Crippen LogP contribution in [0.4, 0.5) is 5.82 Å². The van der Waals surface area contributed by atoms with E-state index in [1.165, 1.54) is 6.20 Å². The first-order valence-electron chi connectivity index (χ1n) is 5.64. The molecule has 0 spiro atoms. The molecular weight excluding hydrogens is 218 g/mol. The van der Waals surface area contributed by atoms with Gasteiger partial charge in [-0.3, -0.25) is 0 Å². The Hall–Kier alpha value is -1.62. The Morgan fingerprint density at radius 3 is 2.71 bits per heavy atom. The molecule has 5 nitrogen and oxygen atoms in total. The van der Waals surface area contributed by atoms with E-state index in [2.05, 4.69) is 36.1 Å². The van der Waals surface area contributed by atoms with Crippen LogP contribution in [0.3, 0.4) is 0 Å². The third-order valence-electron chi connectivity index (χ3n) is 2.66. The highest BCUT2D eigenvalue weighted by molar-refractivity contribution is 5.87. The number of carbonyl (C=O) groups is 1. The molecule has 0 fully saturated rings. The van der Waals surface area contributed by atoms with Gasteiger partial charge in [0.2, 0.25) is 0 Å². The van der Waals surface area contributed by atoms with Crippen LogP contribution in [-0.4, -0.2) is 47.1 Å². The number of nitrogens with zero attached hydrogens (tertiary/aromatic N) is 2. The predicted molar refractivity (Wildman–Crippen MR) is 67.5 cm³/mol. The molecule has 1 aromatic rings. The van der Waals surface area contributed by atoms with Gasteiger partial charge >= 0.3 is 5.97 Å². The molecule has 0 aliphatic rings. The molecule has 2 N–H and O–H groups in total. The first-order valence-corrected chi connectivity index (χ1v) is 5.64. The minimum Gasteiger partial charge on any atom is -0.478 e. The summed E-state index contributed by atoms with van der Waals surface area (Å²) in [6, 6.07) is 3.74. The normalized spacial score (nSPS) is 10.9. The SMILES string of the molecule is CC(C)N(C)CCNc1ccc(C(=O)O)cn1. The van der Waals surface area contributed by atoms with E-state index in [1.807, 2.05) is 0 Å². The van der Waals surface area contributed by atoms with Crippen LogP contribution in [0.25, 0.3) is 0 Å². The summed E-state index contributed by atoms with van der Waals surface area (Å²) in [6.45, 7) is 5.98. The largest absolute Gasteiger partial charge is 0.478 e. The van der Waals surface area contributed by atoms with Crippen molar-refractivity contribution in [3.8, 4) is 0 Å². The molecule has 0 radical (unpaired) electrons. The summed E-state index contributed by atoms with van der Waals surface area (Å²) in [5, 5.41) is 11.9. The zero-order chi connectivity index (χ0) is 12.8. The van der Waals surface area contributed by atoms with E-state index in [9.17, 15) is 4.79 Å². The molecule has 0 amide bonds. The summed E-state index contributed by atoms with van der Waals surface area (Å²) in [4.78, 5) is 16.9. The third-order valence-corrected chi connectivity index (χ3v) is 2.66. The highest BCUT2D eigenvalue weighted by Gasteiger charge is 2.04. The first-order chi connectivity index (χ1) is 8.00. The molecule has 1 rings (SSSR count). The Morgan fingerprint density at radius 2 is 2.24 bits per heavy atom. The summed E-state index contributed by atoms with van der Waals surface area (Å²) in [5.41, 5.74) is 0.204. The van der Waals surface area contributed by atoms with E-state index in [4.69, 9.17) is 5.11 Å². The minimum atomic E-state index is -0.955. The molecule has 0 saturated carbocycles. The Bertz CT molecular complexity index is 363. The lowest BCUT2D eigenvalue weighted by Crippen LogP contribution is -2.31. The van der Waals surface area contributed by atoms with Gasteiger partial charge in [-0.05, 0) is 33.0 Å². The van der Waals surface area contributed by atoms with Crippen LogP contribution >= 0.6 is 0 Å². The van der Waals surface area contributed by atoms with Crippen LogP contribution < -0.4 is 5.32 Å². The quantitative estimate of drug-likeness (QED) is 0.785. The maximum Gasteiger partial charge on any atom is 0.337 e. The molecule has 0 bridgehead atoms. The van der Waals surface area contributed by atoms with Crippen molar-refractivity contribution in [2.45, 2.75) is 19.9 Å². The van der Waals surface area contributed by atoms with Crippen LogP contribution in [0.1, 0.15) is 24.2 Å². The first kappa shape index (κ1) is 13.4. The number of likely N-dealkylation sites (N-methyl/N-ethyl adjacent to an activating group) is 1. The van der Waals surface area contributed by atoms with Crippen LogP contribution in [-0.2, 0) is 0 Å². The van der Waals surface area contributed by atoms with Crippen LogP contribution in [0, 0.1) is 0 Å². The van der Waals surface area contributed by atoms with Gasteiger partial charge in [-0.25, -0.2) is 9.78 Å². The number of carboxylic acids is 1. The van der Waals surface area contributed by atoms with E-state index >= 15 is 0 Å². The van der Waals surface area contributed by atoms with Crippen molar-refractivity contribution < 1.29 is 9.90 Å². The van der Waals surface area contributed by atoms with Crippen LogP contribution in [0.2, 0.25) is 0 Å². The van der Waals surface area contributed by atoms with Gasteiger partial charge in [-0.1, -0.05) is 0 Å². The van der Waals surface area contributed by atoms with Gasteiger partial charge < -0.3 is 15.3 Å². The summed E-state index contributed by atoms with van der Waals surface area (Å²) < 4.78 is 0. The fourth-order valence-electron chi connectivity index (χ4n) is 1.24. The number of nitrogens with one attached hydrogen (secondary N) is 1. The third kappa shape index (κ3) is 4.40. The van der Waals surface area contributed by atoms with E-state index in [0.29, 0.717) is 11.9 Å². The molecule has 17 heavy (non-hydrogen) atoms. The Kier molecular flexibility index (Phi) is 4.90. The number of aromatic nitrogens is 1. The monoisotopic (exact) mass is 237 g/mol. The molecular formula is C12H19N3O2. The van der Waals surface area contributed by atoms with Crippen molar-refractivity contribution >= 4 is 11.8 Å². The lowest BCUT2D eigenvalue weighted by atomic mass is 10.3. The number of aromatic carboxylic acids is 1. The van der Waals surface area contributed by atoms with Crippen molar-refractivity contribution in [1.82, 2.24) is 9.88 Å². The van der Waals surface area contributed by atoms with Gasteiger partial charge in [0.15, 0.2) is 0 Å².